The van der Waals surface area contributed by atoms with E-state index in [0.29, 0.717) is 18.2 Å². The Balaban J connectivity index is 1.83. The number of aryl methyl sites for hydroxylation is 1. The molecule has 2 fully saturated rings. The Labute approximate surface area is 136 Å². The summed E-state index contributed by atoms with van der Waals surface area (Å²) >= 11 is 0. The summed E-state index contributed by atoms with van der Waals surface area (Å²) in [5, 5.41) is 9.24. The van der Waals surface area contributed by atoms with Crippen molar-refractivity contribution in [1.29, 1.82) is 0 Å². The highest BCUT2D eigenvalue weighted by Crippen LogP contribution is 2.36. The van der Waals surface area contributed by atoms with Gasteiger partial charge in [-0.25, -0.2) is 4.79 Å². The van der Waals surface area contributed by atoms with Gasteiger partial charge < -0.3 is 14.4 Å². The lowest BCUT2D eigenvalue weighted by atomic mass is 9.86. The van der Waals surface area contributed by atoms with Crippen molar-refractivity contribution in [1.82, 2.24) is 4.90 Å². The van der Waals surface area contributed by atoms with Crippen LogP contribution in [-0.4, -0.2) is 34.0 Å². The summed E-state index contributed by atoms with van der Waals surface area (Å²) in [5.74, 6) is 0.137. The summed E-state index contributed by atoms with van der Waals surface area (Å²) in [7, 11) is 0. The number of hydrogen-bond donors (Lipinski definition) is 1. The zero-order valence-corrected chi connectivity index (χ0v) is 13.9. The quantitative estimate of drug-likeness (QED) is 0.898. The zero-order valence-electron chi connectivity index (χ0n) is 13.9. The van der Waals surface area contributed by atoms with Crippen LogP contribution in [0.15, 0.2) is 10.5 Å². The molecule has 2 saturated carbocycles. The first-order valence-corrected chi connectivity index (χ1v) is 8.69. The fourth-order valence-corrected chi connectivity index (χ4v) is 3.61. The van der Waals surface area contributed by atoms with Crippen LogP contribution in [-0.2, 0) is 6.42 Å². The van der Waals surface area contributed by atoms with Crippen molar-refractivity contribution >= 4 is 11.9 Å². The number of rotatable bonds is 5. The molecule has 0 bridgehead atoms. The lowest BCUT2D eigenvalue weighted by molar-refractivity contribution is 0.0558. The Morgan fingerprint density at radius 2 is 1.74 bits per heavy atom. The molecule has 1 N–H and O–H groups in total. The van der Waals surface area contributed by atoms with E-state index >= 15 is 0 Å². The maximum atomic E-state index is 13.0. The molecule has 0 aromatic carbocycles. The van der Waals surface area contributed by atoms with Gasteiger partial charge in [-0.1, -0.05) is 13.8 Å². The number of nitrogens with zero attached hydrogens (tertiary/aromatic N) is 1. The van der Waals surface area contributed by atoms with E-state index in [1.165, 1.54) is 6.07 Å². The van der Waals surface area contributed by atoms with Gasteiger partial charge in [-0.05, 0) is 44.4 Å². The number of carbonyl (C=O) groups is 2. The summed E-state index contributed by atoms with van der Waals surface area (Å²) in [6, 6.07) is 1.99. The highest BCUT2D eigenvalue weighted by molar-refractivity contribution is 5.96. The minimum absolute atomic E-state index is 0.115. The molecule has 1 aromatic heterocycles. The van der Waals surface area contributed by atoms with Gasteiger partial charge in [0.2, 0.25) is 0 Å². The van der Waals surface area contributed by atoms with Crippen molar-refractivity contribution in [3.63, 3.8) is 0 Å². The van der Waals surface area contributed by atoms with Crippen molar-refractivity contribution in [3.8, 4) is 0 Å². The largest absolute Gasteiger partial charge is 0.478 e. The fourth-order valence-electron chi connectivity index (χ4n) is 3.61. The second kappa shape index (κ2) is 6.38. The topological polar surface area (TPSA) is 70.8 Å². The second-order valence-electron chi connectivity index (χ2n) is 6.96. The molecule has 3 rings (SSSR count). The van der Waals surface area contributed by atoms with E-state index in [2.05, 4.69) is 6.92 Å². The number of amides is 1. The van der Waals surface area contributed by atoms with Gasteiger partial charge in [0.05, 0.1) is 0 Å². The molecule has 126 valence electrons. The number of carboxylic acids is 1. The normalized spacial score (nSPS) is 24.4. The molecule has 5 nitrogen and oxygen atoms in total. The Kier molecular flexibility index (Phi) is 4.46. The summed E-state index contributed by atoms with van der Waals surface area (Å²) in [4.78, 5) is 26.2. The molecule has 5 heteroatoms. The third-order valence-electron chi connectivity index (χ3n) is 5.12. The number of furan rings is 1. The van der Waals surface area contributed by atoms with Gasteiger partial charge in [0.1, 0.15) is 11.3 Å². The molecule has 0 radical (unpaired) electrons. The Hall–Kier alpha value is -1.78. The van der Waals surface area contributed by atoms with Crippen LogP contribution in [0.25, 0.3) is 0 Å². The van der Waals surface area contributed by atoms with Gasteiger partial charge in [0, 0.05) is 24.6 Å². The molecule has 0 unspecified atom stereocenters. The molecule has 0 aliphatic heterocycles. The van der Waals surface area contributed by atoms with Gasteiger partial charge in [-0.2, -0.15) is 0 Å². The molecule has 1 aromatic rings. The Morgan fingerprint density at radius 1 is 1.17 bits per heavy atom. The van der Waals surface area contributed by atoms with Gasteiger partial charge in [-0.3, -0.25) is 4.79 Å². The van der Waals surface area contributed by atoms with E-state index in [0.717, 1.165) is 44.4 Å². The van der Waals surface area contributed by atoms with Gasteiger partial charge in [-0.15, -0.1) is 0 Å². The van der Waals surface area contributed by atoms with E-state index in [1.54, 1.807) is 0 Å². The second-order valence-corrected chi connectivity index (χ2v) is 6.96. The van der Waals surface area contributed by atoms with Crippen LogP contribution in [0.4, 0.5) is 0 Å². The standard InChI is InChI=1S/C18H25NO4/c1-3-15-14(18(21)22)10-16(23-15)17(20)19(13-8-9-13)12-6-4-11(2)5-7-12/h10-13H,3-9H2,1-2H3,(H,21,22). The van der Waals surface area contributed by atoms with Crippen molar-refractivity contribution in [3.05, 3.63) is 23.2 Å². The molecule has 1 amide bonds. The highest BCUT2D eigenvalue weighted by Gasteiger charge is 2.40. The van der Waals surface area contributed by atoms with Gasteiger partial charge in [0.15, 0.2) is 5.76 Å². The molecular weight excluding hydrogens is 294 g/mol. The van der Waals surface area contributed by atoms with Crippen molar-refractivity contribution in [2.24, 2.45) is 5.92 Å². The van der Waals surface area contributed by atoms with Crippen LogP contribution < -0.4 is 0 Å². The van der Waals surface area contributed by atoms with Gasteiger partial charge >= 0.3 is 5.97 Å². The van der Waals surface area contributed by atoms with Gasteiger partial charge in [0.25, 0.3) is 5.91 Å². The molecule has 0 saturated heterocycles. The first-order chi connectivity index (χ1) is 11.0. The zero-order chi connectivity index (χ0) is 16.6. The predicted octanol–water partition coefficient (Wildman–Crippen LogP) is 3.72. The minimum atomic E-state index is -1.03. The van der Waals surface area contributed by atoms with Crippen LogP contribution in [0.5, 0.6) is 0 Å². The van der Waals surface area contributed by atoms with Crippen LogP contribution in [0, 0.1) is 5.92 Å². The first kappa shape index (κ1) is 16.1. The van der Waals surface area contributed by atoms with E-state index in [9.17, 15) is 14.7 Å². The third kappa shape index (κ3) is 3.28. The molecule has 2 aliphatic carbocycles. The van der Waals surface area contributed by atoms with Crippen molar-refractivity contribution in [2.75, 3.05) is 0 Å². The summed E-state index contributed by atoms with van der Waals surface area (Å²) in [6.45, 7) is 4.10. The predicted molar refractivity (Wildman–Crippen MR) is 85.7 cm³/mol. The summed E-state index contributed by atoms with van der Waals surface area (Å²) < 4.78 is 5.59. The summed E-state index contributed by atoms with van der Waals surface area (Å²) in [5.41, 5.74) is 0.115. The number of carboxylic acid groups (broad SMARTS) is 1. The van der Waals surface area contributed by atoms with E-state index in [1.807, 2.05) is 11.8 Å². The molecule has 0 spiro atoms. The van der Waals surface area contributed by atoms with Crippen LogP contribution >= 0.6 is 0 Å². The Bertz CT molecular complexity index is 594. The molecule has 1 heterocycles. The number of hydrogen-bond acceptors (Lipinski definition) is 3. The van der Waals surface area contributed by atoms with Crippen molar-refractivity contribution < 1.29 is 19.1 Å². The average molecular weight is 319 g/mol. The van der Waals surface area contributed by atoms with Crippen molar-refractivity contribution in [2.45, 2.75) is 70.9 Å². The average Bonchev–Trinajstić information content (AvgIpc) is 3.25. The highest BCUT2D eigenvalue weighted by atomic mass is 16.4. The van der Waals surface area contributed by atoms with E-state index < -0.39 is 5.97 Å². The van der Waals surface area contributed by atoms with E-state index in [-0.39, 0.29) is 23.3 Å². The SMILES string of the molecule is CCc1oc(C(=O)N(C2CCC(C)CC2)C2CC2)cc1C(=O)O. The van der Waals surface area contributed by atoms with E-state index in [4.69, 9.17) is 4.42 Å². The summed E-state index contributed by atoms with van der Waals surface area (Å²) in [6.07, 6.45) is 6.95. The molecular formula is C18H25NO4. The first-order valence-electron chi connectivity index (χ1n) is 8.69. The maximum Gasteiger partial charge on any atom is 0.339 e. The van der Waals surface area contributed by atoms with Crippen LogP contribution in [0.1, 0.15) is 79.0 Å². The molecule has 23 heavy (non-hydrogen) atoms. The lowest BCUT2D eigenvalue weighted by Gasteiger charge is -2.36. The maximum absolute atomic E-state index is 13.0. The minimum Gasteiger partial charge on any atom is -0.478 e. The smallest absolute Gasteiger partial charge is 0.339 e. The van der Waals surface area contributed by atoms with Crippen LogP contribution in [0.3, 0.4) is 0 Å². The number of carbonyl (C=O) groups excluding carboxylic acids is 1. The lowest BCUT2D eigenvalue weighted by Crippen LogP contribution is -2.43. The Morgan fingerprint density at radius 3 is 2.17 bits per heavy atom. The monoisotopic (exact) mass is 319 g/mol. The number of aromatic carboxylic acids is 1. The molecule has 2 aliphatic rings. The fraction of sp³-hybridized carbons (Fsp3) is 0.667. The molecule has 0 atom stereocenters. The third-order valence-corrected chi connectivity index (χ3v) is 5.12. The van der Waals surface area contributed by atoms with Crippen LogP contribution in [0.2, 0.25) is 0 Å².